The second-order valence-corrected chi connectivity index (χ2v) is 8.05. The van der Waals surface area contributed by atoms with Gasteiger partial charge in [0.15, 0.2) is 0 Å². The number of halogens is 3. The molecule has 0 saturated carbocycles. The van der Waals surface area contributed by atoms with Crippen LogP contribution in [0.25, 0.3) is 11.3 Å². The van der Waals surface area contributed by atoms with Crippen LogP contribution in [-0.2, 0) is 28.5 Å². The van der Waals surface area contributed by atoms with Crippen LogP contribution in [0.5, 0.6) is 0 Å². The summed E-state index contributed by atoms with van der Waals surface area (Å²) in [5.41, 5.74) is 3.55. The first-order chi connectivity index (χ1) is 16.2. The fourth-order valence-electron chi connectivity index (χ4n) is 3.92. The quantitative estimate of drug-likeness (QED) is 0.471. The summed E-state index contributed by atoms with van der Waals surface area (Å²) in [5, 5.41) is 4.95. The first kappa shape index (κ1) is 23.3. The van der Waals surface area contributed by atoms with Crippen LogP contribution >= 0.6 is 0 Å². The van der Waals surface area contributed by atoms with Gasteiger partial charge in [0.25, 0.3) is 0 Å². The zero-order valence-corrected chi connectivity index (χ0v) is 18.3. The number of carbonyl (C=O) groups excluding carboxylic acids is 2. The molecule has 0 fully saturated rings. The van der Waals surface area contributed by atoms with Gasteiger partial charge in [-0.05, 0) is 60.4 Å². The van der Waals surface area contributed by atoms with Gasteiger partial charge in [-0.1, -0.05) is 18.2 Å². The van der Waals surface area contributed by atoms with Crippen molar-refractivity contribution in [2.75, 3.05) is 10.6 Å². The highest BCUT2D eigenvalue weighted by molar-refractivity contribution is 5.99. The molecule has 1 aliphatic carbocycles. The van der Waals surface area contributed by atoms with Crippen LogP contribution in [0.3, 0.4) is 0 Å². The number of nitrogens with zero attached hydrogens (tertiary/aromatic N) is 1. The molecule has 2 N–H and O–H groups in total. The zero-order chi connectivity index (χ0) is 24.3. The number of esters is 1. The molecule has 1 heterocycles. The first-order valence-corrected chi connectivity index (χ1v) is 10.7. The van der Waals surface area contributed by atoms with Crippen LogP contribution in [0.2, 0.25) is 0 Å². The monoisotopic (exact) mass is 469 g/mol. The maximum Gasteiger partial charge on any atom is 0.416 e. The highest BCUT2D eigenvalue weighted by atomic mass is 19.4. The smallest absolute Gasteiger partial charge is 0.416 e. The molecule has 0 bridgehead atoms. The number of carbonyl (C=O) groups is 2. The number of pyridine rings is 1. The molecule has 0 saturated heterocycles. The molecule has 2 amide bonds. The number of fused-ring (bicyclic) bond motifs is 1. The molecule has 0 spiro atoms. The summed E-state index contributed by atoms with van der Waals surface area (Å²) in [7, 11) is 0. The third-order valence-electron chi connectivity index (χ3n) is 5.49. The van der Waals surface area contributed by atoms with E-state index >= 15 is 0 Å². The minimum Gasteiger partial charge on any atom is -0.462 e. The number of amides is 2. The van der Waals surface area contributed by atoms with E-state index in [4.69, 9.17) is 4.74 Å². The third kappa shape index (κ3) is 5.72. The van der Waals surface area contributed by atoms with Crippen LogP contribution in [0.4, 0.5) is 29.3 Å². The van der Waals surface area contributed by atoms with E-state index in [0.29, 0.717) is 17.8 Å². The first-order valence-electron chi connectivity index (χ1n) is 10.7. The molecule has 3 aromatic rings. The second-order valence-electron chi connectivity index (χ2n) is 8.05. The lowest BCUT2D eigenvalue weighted by Gasteiger charge is -2.24. The van der Waals surface area contributed by atoms with Crippen molar-refractivity contribution in [2.24, 2.45) is 0 Å². The number of anilines is 2. The number of aryl methyl sites for hydroxylation is 1. The summed E-state index contributed by atoms with van der Waals surface area (Å²) < 4.78 is 43.8. The maximum atomic E-state index is 12.8. The van der Waals surface area contributed by atoms with Crippen LogP contribution < -0.4 is 10.6 Å². The molecule has 1 aromatic heterocycles. The molecule has 0 radical (unpaired) electrons. The largest absolute Gasteiger partial charge is 0.462 e. The third-order valence-corrected chi connectivity index (χ3v) is 5.49. The van der Waals surface area contributed by atoms with E-state index in [0.717, 1.165) is 36.1 Å². The van der Waals surface area contributed by atoms with Gasteiger partial charge in [-0.15, -0.1) is 0 Å². The summed E-state index contributed by atoms with van der Waals surface area (Å²) in [4.78, 5) is 27.8. The van der Waals surface area contributed by atoms with Crippen LogP contribution in [0.15, 0.2) is 60.8 Å². The number of urea groups is 1. The lowest BCUT2D eigenvalue weighted by atomic mass is 9.88. The SMILES string of the molecule is CC(=O)OC1CCc2cc(-c3ccc(NC(=O)Nc4cccc(C(F)(F)F)c4)cn3)ccc2C1. The van der Waals surface area contributed by atoms with Crippen LogP contribution in [0.1, 0.15) is 30.0 Å². The molecule has 1 aliphatic rings. The van der Waals surface area contributed by atoms with Gasteiger partial charge in [0.2, 0.25) is 0 Å². The fourth-order valence-corrected chi connectivity index (χ4v) is 3.92. The molecule has 0 aliphatic heterocycles. The Morgan fingerprint density at radius 2 is 1.79 bits per heavy atom. The topological polar surface area (TPSA) is 80.3 Å². The van der Waals surface area contributed by atoms with Crippen molar-refractivity contribution in [1.29, 1.82) is 0 Å². The zero-order valence-electron chi connectivity index (χ0n) is 18.3. The van der Waals surface area contributed by atoms with E-state index in [1.54, 1.807) is 12.1 Å². The predicted molar refractivity (Wildman–Crippen MR) is 121 cm³/mol. The Balaban J connectivity index is 1.39. The molecule has 1 unspecified atom stereocenters. The number of rotatable bonds is 4. The molecule has 34 heavy (non-hydrogen) atoms. The van der Waals surface area contributed by atoms with E-state index in [2.05, 4.69) is 21.7 Å². The summed E-state index contributed by atoms with van der Waals surface area (Å²) in [6.45, 7) is 1.41. The van der Waals surface area contributed by atoms with Gasteiger partial charge in [0.05, 0.1) is 23.1 Å². The number of nitrogens with one attached hydrogen (secondary N) is 2. The van der Waals surface area contributed by atoms with Crippen molar-refractivity contribution in [3.05, 3.63) is 77.5 Å². The predicted octanol–water partition coefficient (Wildman–Crippen LogP) is 5.83. The molecular weight excluding hydrogens is 447 g/mol. The van der Waals surface area contributed by atoms with Crippen LogP contribution in [0, 0.1) is 0 Å². The molecule has 176 valence electrons. The maximum absolute atomic E-state index is 12.8. The average Bonchev–Trinajstić information content (AvgIpc) is 2.78. The van der Waals surface area contributed by atoms with E-state index in [9.17, 15) is 22.8 Å². The van der Waals surface area contributed by atoms with E-state index in [1.165, 1.54) is 30.8 Å². The molecule has 9 heteroatoms. The summed E-state index contributed by atoms with van der Waals surface area (Å²) in [6.07, 6.45) is -0.844. The van der Waals surface area contributed by atoms with Gasteiger partial charge in [-0.2, -0.15) is 13.2 Å². The Morgan fingerprint density at radius 3 is 2.50 bits per heavy atom. The Bertz CT molecular complexity index is 1210. The van der Waals surface area contributed by atoms with Crippen molar-refractivity contribution in [1.82, 2.24) is 4.98 Å². The normalized spacial score (nSPS) is 15.2. The molecular formula is C25H22F3N3O3. The Hall–Kier alpha value is -3.88. The van der Waals surface area contributed by atoms with E-state index < -0.39 is 17.8 Å². The molecule has 6 nitrogen and oxygen atoms in total. The number of ether oxygens (including phenoxy) is 1. The summed E-state index contributed by atoms with van der Waals surface area (Å²) in [6, 6.07) is 13.2. The van der Waals surface area contributed by atoms with Crippen LogP contribution in [-0.4, -0.2) is 23.1 Å². The lowest BCUT2D eigenvalue weighted by Crippen LogP contribution is -2.24. The standard InChI is InChI=1S/C25H22F3N3O3/c1-15(32)34-22-9-7-16-11-18(6-5-17(16)12-22)23-10-8-21(14-29-23)31-24(33)30-20-4-2-3-19(13-20)25(26,27)28/h2-6,8,10-11,13-14,22H,7,9,12H2,1H3,(H2,30,31,33). The molecule has 2 aromatic carbocycles. The fraction of sp³-hybridized carbons (Fsp3) is 0.240. The van der Waals surface area contributed by atoms with Gasteiger partial charge in [0.1, 0.15) is 6.10 Å². The van der Waals surface area contributed by atoms with E-state index in [-0.39, 0.29) is 17.8 Å². The van der Waals surface area contributed by atoms with Gasteiger partial charge >= 0.3 is 18.2 Å². The number of hydrogen-bond donors (Lipinski definition) is 2. The van der Waals surface area contributed by atoms with Gasteiger partial charge in [0, 0.05) is 24.6 Å². The van der Waals surface area contributed by atoms with Gasteiger partial charge in [-0.25, -0.2) is 4.79 Å². The minimum atomic E-state index is -4.49. The van der Waals surface area contributed by atoms with E-state index in [1.807, 2.05) is 12.1 Å². The molecule has 4 rings (SSSR count). The number of aromatic nitrogens is 1. The van der Waals surface area contributed by atoms with Gasteiger partial charge in [-0.3, -0.25) is 9.78 Å². The summed E-state index contributed by atoms with van der Waals surface area (Å²) >= 11 is 0. The van der Waals surface area contributed by atoms with Crippen molar-refractivity contribution >= 4 is 23.4 Å². The highest BCUT2D eigenvalue weighted by Gasteiger charge is 2.30. The second kappa shape index (κ2) is 9.54. The minimum absolute atomic E-state index is 0.0295. The molecule has 1 atom stereocenters. The Labute approximate surface area is 194 Å². The number of benzene rings is 2. The Morgan fingerprint density at radius 1 is 1.00 bits per heavy atom. The lowest BCUT2D eigenvalue weighted by molar-refractivity contribution is -0.146. The highest BCUT2D eigenvalue weighted by Crippen LogP contribution is 2.31. The van der Waals surface area contributed by atoms with Crippen molar-refractivity contribution in [3.8, 4) is 11.3 Å². The van der Waals surface area contributed by atoms with Gasteiger partial charge < -0.3 is 15.4 Å². The average molecular weight is 469 g/mol. The number of alkyl halides is 3. The summed E-state index contributed by atoms with van der Waals surface area (Å²) in [5.74, 6) is -0.272. The number of hydrogen-bond acceptors (Lipinski definition) is 4. The van der Waals surface area contributed by atoms with Crippen molar-refractivity contribution in [2.45, 2.75) is 38.5 Å². The Kier molecular flexibility index (Phi) is 6.54. The van der Waals surface area contributed by atoms with Crippen molar-refractivity contribution in [3.63, 3.8) is 0 Å². The van der Waals surface area contributed by atoms with Crippen molar-refractivity contribution < 1.29 is 27.5 Å².